The van der Waals surface area contributed by atoms with Crippen molar-refractivity contribution < 1.29 is 13.9 Å². The second-order valence-electron chi connectivity index (χ2n) is 6.53. The molecule has 7 heteroatoms. The van der Waals surface area contributed by atoms with Crippen LogP contribution in [0.25, 0.3) is 11.3 Å². The fourth-order valence-electron chi connectivity index (χ4n) is 2.26. The number of carbonyl (C=O) groups excluding carboxylic acids is 1. The second-order valence-corrected chi connectivity index (χ2v) is 6.53. The number of rotatable bonds is 3. The molecule has 0 aliphatic carbocycles. The van der Waals surface area contributed by atoms with Crippen molar-refractivity contribution in [3.8, 4) is 11.3 Å². The lowest BCUT2D eigenvalue weighted by molar-refractivity contribution is 0.0104. The van der Waals surface area contributed by atoms with Crippen LogP contribution in [0.3, 0.4) is 0 Å². The van der Waals surface area contributed by atoms with Crippen LogP contribution in [-0.2, 0) is 4.74 Å². The van der Waals surface area contributed by atoms with Crippen LogP contribution in [0.15, 0.2) is 35.4 Å². The van der Waals surface area contributed by atoms with E-state index in [2.05, 4.69) is 15.3 Å². The van der Waals surface area contributed by atoms with Crippen molar-refractivity contribution in [2.45, 2.75) is 32.4 Å². The van der Waals surface area contributed by atoms with Gasteiger partial charge < -0.3 is 19.4 Å². The average Bonchev–Trinajstić information content (AvgIpc) is 2.94. The van der Waals surface area contributed by atoms with E-state index >= 15 is 0 Å². The number of aromatic nitrogens is 2. The van der Waals surface area contributed by atoms with Crippen LogP contribution in [0.5, 0.6) is 0 Å². The van der Waals surface area contributed by atoms with Gasteiger partial charge in [0.25, 0.3) is 0 Å². The molecule has 2 aromatic heterocycles. The minimum Gasteiger partial charge on any atom is -0.472 e. The molecule has 3 rings (SSSR count). The maximum absolute atomic E-state index is 11.9. The van der Waals surface area contributed by atoms with Crippen LogP contribution in [0, 0.1) is 0 Å². The van der Waals surface area contributed by atoms with Crippen molar-refractivity contribution in [1.29, 1.82) is 0 Å². The highest BCUT2D eigenvalue weighted by Gasteiger charge is 2.33. The number of hydrogen-bond acceptors (Lipinski definition) is 6. The van der Waals surface area contributed by atoms with Crippen molar-refractivity contribution in [2.24, 2.45) is 0 Å². The van der Waals surface area contributed by atoms with Gasteiger partial charge in [-0.3, -0.25) is 0 Å². The molecule has 0 aromatic carbocycles. The van der Waals surface area contributed by atoms with E-state index in [0.717, 1.165) is 17.1 Å². The molecule has 2 aromatic rings. The summed E-state index contributed by atoms with van der Waals surface area (Å²) in [4.78, 5) is 22.0. The number of carbonyl (C=O) groups is 1. The Hall–Kier alpha value is -2.57. The Labute approximate surface area is 134 Å². The van der Waals surface area contributed by atoms with Gasteiger partial charge in [0, 0.05) is 24.7 Å². The van der Waals surface area contributed by atoms with Crippen LogP contribution in [0.4, 0.5) is 10.6 Å². The van der Waals surface area contributed by atoms with Gasteiger partial charge in [0.2, 0.25) is 0 Å². The van der Waals surface area contributed by atoms with Gasteiger partial charge in [0.1, 0.15) is 17.7 Å². The fraction of sp³-hybridized carbons (Fsp3) is 0.438. The Morgan fingerprint density at radius 1 is 1.39 bits per heavy atom. The zero-order valence-electron chi connectivity index (χ0n) is 13.4. The third kappa shape index (κ3) is 3.80. The first-order valence-corrected chi connectivity index (χ1v) is 7.50. The van der Waals surface area contributed by atoms with Gasteiger partial charge in [0.15, 0.2) is 0 Å². The summed E-state index contributed by atoms with van der Waals surface area (Å²) >= 11 is 0. The van der Waals surface area contributed by atoms with Crippen molar-refractivity contribution in [3.63, 3.8) is 0 Å². The van der Waals surface area contributed by atoms with Gasteiger partial charge in [-0.1, -0.05) is 0 Å². The summed E-state index contributed by atoms with van der Waals surface area (Å²) in [5.74, 6) is 0.727. The van der Waals surface area contributed by atoms with E-state index in [1.165, 1.54) is 6.33 Å². The number of amides is 1. The lowest BCUT2D eigenvalue weighted by atomic mass is 10.1. The maximum Gasteiger partial charge on any atom is 0.410 e. The normalized spacial score (nSPS) is 15.2. The van der Waals surface area contributed by atoms with Gasteiger partial charge in [0.05, 0.1) is 24.3 Å². The number of anilines is 1. The summed E-state index contributed by atoms with van der Waals surface area (Å²) in [6, 6.07) is 3.87. The van der Waals surface area contributed by atoms with Gasteiger partial charge >= 0.3 is 6.09 Å². The summed E-state index contributed by atoms with van der Waals surface area (Å²) in [7, 11) is 0. The molecule has 122 valence electrons. The molecule has 1 N–H and O–H groups in total. The smallest absolute Gasteiger partial charge is 0.410 e. The second kappa shape index (κ2) is 5.91. The first kappa shape index (κ1) is 15.3. The number of nitrogens with zero attached hydrogens (tertiary/aromatic N) is 3. The number of nitrogens with one attached hydrogen (secondary N) is 1. The summed E-state index contributed by atoms with van der Waals surface area (Å²) in [5.41, 5.74) is 1.22. The molecule has 7 nitrogen and oxygen atoms in total. The molecule has 1 saturated heterocycles. The van der Waals surface area contributed by atoms with E-state index in [1.807, 2.05) is 32.9 Å². The van der Waals surface area contributed by atoms with Crippen molar-refractivity contribution in [1.82, 2.24) is 14.9 Å². The quantitative estimate of drug-likeness (QED) is 0.938. The number of furan rings is 1. The molecule has 1 amide bonds. The molecule has 0 radical (unpaired) electrons. The Morgan fingerprint density at radius 3 is 2.83 bits per heavy atom. The topological polar surface area (TPSA) is 80.5 Å². The largest absolute Gasteiger partial charge is 0.472 e. The SMILES string of the molecule is CC(C)(C)OC(=O)N1CC(Nc2cc(-c3ccoc3)ncn2)C1. The molecule has 0 atom stereocenters. The van der Waals surface area contributed by atoms with E-state index in [1.54, 1.807) is 17.4 Å². The first-order valence-electron chi connectivity index (χ1n) is 7.50. The Balaban J connectivity index is 1.54. The fourth-order valence-corrected chi connectivity index (χ4v) is 2.26. The Kier molecular flexibility index (Phi) is 3.94. The molecule has 1 aliphatic heterocycles. The predicted molar refractivity (Wildman–Crippen MR) is 85.0 cm³/mol. The van der Waals surface area contributed by atoms with E-state index < -0.39 is 5.60 Å². The third-order valence-electron chi connectivity index (χ3n) is 3.37. The summed E-state index contributed by atoms with van der Waals surface area (Å²) in [5, 5.41) is 3.30. The van der Waals surface area contributed by atoms with Crippen LogP contribution >= 0.6 is 0 Å². The minimum atomic E-state index is -0.470. The molecule has 3 heterocycles. The van der Waals surface area contributed by atoms with Gasteiger partial charge in [-0.2, -0.15) is 0 Å². The average molecular weight is 316 g/mol. The van der Waals surface area contributed by atoms with E-state index in [9.17, 15) is 4.79 Å². The Morgan fingerprint density at radius 2 is 2.17 bits per heavy atom. The Bertz CT molecular complexity index is 673. The minimum absolute atomic E-state index is 0.162. The predicted octanol–water partition coefficient (Wildman–Crippen LogP) is 2.77. The van der Waals surface area contributed by atoms with Gasteiger partial charge in [-0.25, -0.2) is 14.8 Å². The highest BCUT2D eigenvalue weighted by Crippen LogP contribution is 2.21. The third-order valence-corrected chi connectivity index (χ3v) is 3.37. The summed E-state index contributed by atoms with van der Waals surface area (Å²) < 4.78 is 10.4. The van der Waals surface area contributed by atoms with Crippen molar-refractivity contribution in [2.75, 3.05) is 18.4 Å². The lowest BCUT2D eigenvalue weighted by Gasteiger charge is -2.40. The van der Waals surface area contributed by atoms with Crippen molar-refractivity contribution >= 4 is 11.9 Å². The first-order chi connectivity index (χ1) is 10.9. The lowest BCUT2D eigenvalue weighted by Crippen LogP contribution is -2.58. The highest BCUT2D eigenvalue weighted by molar-refractivity contribution is 5.70. The van der Waals surface area contributed by atoms with Crippen molar-refractivity contribution in [3.05, 3.63) is 31.0 Å². The molecule has 0 spiro atoms. The van der Waals surface area contributed by atoms with Gasteiger partial charge in [-0.15, -0.1) is 0 Å². The number of likely N-dealkylation sites (tertiary alicyclic amines) is 1. The van der Waals surface area contributed by atoms with Crippen LogP contribution in [0.2, 0.25) is 0 Å². The standard InChI is InChI=1S/C16H20N4O3/c1-16(2,3)23-15(21)20-7-12(8-20)19-14-6-13(17-10-18-14)11-4-5-22-9-11/h4-6,9-10,12H,7-8H2,1-3H3,(H,17,18,19). The maximum atomic E-state index is 11.9. The molecule has 1 aliphatic rings. The molecule has 1 fully saturated rings. The molecular weight excluding hydrogens is 296 g/mol. The number of hydrogen-bond donors (Lipinski definition) is 1. The van der Waals surface area contributed by atoms with Crippen LogP contribution < -0.4 is 5.32 Å². The zero-order valence-corrected chi connectivity index (χ0v) is 13.4. The number of ether oxygens (including phenoxy) is 1. The molecule has 0 bridgehead atoms. The van der Waals surface area contributed by atoms with E-state index in [0.29, 0.717) is 13.1 Å². The monoisotopic (exact) mass is 316 g/mol. The molecule has 23 heavy (non-hydrogen) atoms. The summed E-state index contributed by atoms with van der Waals surface area (Å²) in [6.07, 6.45) is 4.47. The van der Waals surface area contributed by atoms with Crippen LogP contribution in [0.1, 0.15) is 20.8 Å². The van der Waals surface area contributed by atoms with E-state index in [4.69, 9.17) is 9.15 Å². The molecule has 0 unspecified atom stereocenters. The van der Waals surface area contributed by atoms with E-state index in [-0.39, 0.29) is 12.1 Å². The molecular formula is C16H20N4O3. The van der Waals surface area contributed by atoms with Crippen LogP contribution in [-0.4, -0.2) is 45.7 Å². The molecule has 0 saturated carbocycles. The zero-order chi connectivity index (χ0) is 16.4. The summed E-state index contributed by atoms with van der Waals surface area (Å²) in [6.45, 7) is 6.77. The highest BCUT2D eigenvalue weighted by atomic mass is 16.6. The van der Waals surface area contributed by atoms with Gasteiger partial charge in [-0.05, 0) is 26.8 Å².